The summed E-state index contributed by atoms with van der Waals surface area (Å²) < 4.78 is 0. The molecule has 0 N–H and O–H groups in total. The average molecular weight is 345 g/mol. The molecule has 0 aliphatic heterocycles. The van der Waals surface area contributed by atoms with Gasteiger partial charge in [-0.25, -0.2) is 0 Å². The van der Waals surface area contributed by atoms with Crippen LogP contribution in [0, 0.1) is 52.3 Å². The maximum atomic E-state index is 2.73. The number of rotatable bonds is 3. The van der Waals surface area contributed by atoms with Gasteiger partial charge in [-0.15, -0.1) is 0 Å². The van der Waals surface area contributed by atoms with E-state index in [1.54, 1.807) is 51.4 Å². The number of hydrogen-bond acceptors (Lipinski definition) is 0. The highest BCUT2D eigenvalue weighted by Crippen LogP contribution is 2.68. The molecular formula is C25H44. The van der Waals surface area contributed by atoms with Crippen molar-refractivity contribution < 1.29 is 0 Å². The van der Waals surface area contributed by atoms with Gasteiger partial charge in [0.15, 0.2) is 0 Å². The molecule has 4 saturated carbocycles. The van der Waals surface area contributed by atoms with Gasteiger partial charge in [0.25, 0.3) is 0 Å². The van der Waals surface area contributed by atoms with Crippen LogP contribution < -0.4 is 0 Å². The van der Waals surface area contributed by atoms with E-state index in [1.165, 1.54) is 19.3 Å². The summed E-state index contributed by atoms with van der Waals surface area (Å²) in [7, 11) is 0. The highest BCUT2D eigenvalue weighted by molar-refractivity contribution is 5.08. The van der Waals surface area contributed by atoms with E-state index in [2.05, 4.69) is 34.6 Å². The summed E-state index contributed by atoms with van der Waals surface area (Å²) in [6.45, 7) is 12.8. The lowest BCUT2D eigenvalue weighted by atomic mass is 9.44. The van der Waals surface area contributed by atoms with Gasteiger partial charge < -0.3 is 0 Å². The van der Waals surface area contributed by atoms with Gasteiger partial charge in [0, 0.05) is 0 Å². The fraction of sp³-hybridized carbons (Fsp3) is 1.00. The first-order valence-electron chi connectivity index (χ1n) is 11.9. The molecule has 4 aliphatic rings. The second-order valence-electron chi connectivity index (χ2n) is 11.7. The molecule has 0 saturated heterocycles. The van der Waals surface area contributed by atoms with Gasteiger partial charge in [0.1, 0.15) is 0 Å². The molecule has 4 aliphatic carbocycles. The summed E-state index contributed by atoms with van der Waals surface area (Å²) >= 11 is 0. The highest BCUT2D eigenvalue weighted by Gasteiger charge is 2.59. The molecule has 4 rings (SSSR count). The summed E-state index contributed by atoms with van der Waals surface area (Å²) in [4.78, 5) is 0. The van der Waals surface area contributed by atoms with Crippen molar-refractivity contribution in [2.24, 2.45) is 52.3 Å². The minimum Gasteiger partial charge on any atom is -0.0625 e. The first-order valence-corrected chi connectivity index (χ1v) is 11.9. The first-order chi connectivity index (χ1) is 11.9. The normalized spacial score (nSPS) is 50.9. The summed E-state index contributed by atoms with van der Waals surface area (Å²) in [5.41, 5.74) is 1.40. The van der Waals surface area contributed by atoms with Crippen LogP contribution in [-0.2, 0) is 0 Å². The molecule has 0 heteroatoms. The van der Waals surface area contributed by atoms with Crippen LogP contribution in [0.1, 0.15) is 105 Å². The Balaban J connectivity index is 1.53. The summed E-state index contributed by atoms with van der Waals surface area (Å²) in [6.07, 6.45) is 17.0. The molecule has 0 aromatic carbocycles. The van der Waals surface area contributed by atoms with Gasteiger partial charge in [-0.3, -0.25) is 0 Å². The third-order valence-electron chi connectivity index (χ3n) is 10.6. The third kappa shape index (κ3) is 2.84. The van der Waals surface area contributed by atoms with Crippen LogP contribution in [0.4, 0.5) is 0 Å². The molecule has 0 aromatic heterocycles. The van der Waals surface area contributed by atoms with Crippen molar-refractivity contribution in [2.45, 2.75) is 105 Å². The Labute approximate surface area is 157 Å². The predicted octanol–water partition coefficient (Wildman–Crippen LogP) is 7.72. The Morgan fingerprint density at radius 3 is 2.28 bits per heavy atom. The van der Waals surface area contributed by atoms with Crippen LogP contribution in [0.3, 0.4) is 0 Å². The first kappa shape index (κ1) is 18.4. The van der Waals surface area contributed by atoms with Crippen molar-refractivity contribution in [2.75, 3.05) is 0 Å². The van der Waals surface area contributed by atoms with E-state index < -0.39 is 0 Å². The monoisotopic (exact) mass is 344 g/mol. The average Bonchev–Trinajstić information content (AvgIpc) is 2.91. The fourth-order valence-electron chi connectivity index (χ4n) is 8.51. The summed E-state index contributed by atoms with van der Waals surface area (Å²) in [6, 6.07) is 0. The Morgan fingerprint density at radius 2 is 1.52 bits per heavy atom. The van der Waals surface area contributed by atoms with Crippen molar-refractivity contribution in [1.29, 1.82) is 0 Å². The molecule has 8 unspecified atom stereocenters. The van der Waals surface area contributed by atoms with Crippen LogP contribution in [-0.4, -0.2) is 0 Å². The topological polar surface area (TPSA) is 0 Å². The van der Waals surface area contributed by atoms with E-state index in [9.17, 15) is 0 Å². The molecule has 0 spiro atoms. The Hall–Kier alpha value is 0. The quantitative estimate of drug-likeness (QED) is 0.491. The van der Waals surface area contributed by atoms with E-state index in [4.69, 9.17) is 0 Å². The minimum atomic E-state index is 0.683. The Kier molecular flexibility index (Phi) is 4.82. The van der Waals surface area contributed by atoms with E-state index in [0.717, 1.165) is 41.4 Å². The second kappa shape index (κ2) is 6.56. The Morgan fingerprint density at radius 1 is 0.760 bits per heavy atom. The molecule has 4 fully saturated rings. The molecular weight excluding hydrogens is 300 g/mol. The lowest BCUT2D eigenvalue weighted by Gasteiger charge is -2.60. The molecule has 0 bridgehead atoms. The maximum Gasteiger partial charge on any atom is -0.0266 e. The van der Waals surface area contributed by atoms with Crippen LogP contribution in [0.15, 0.2) is 0 Å². The van der Waals surface area contributed by atoms with E-state index >= 15 is 0 Å². The fourth-order valence-corrected chi connectivity index (χ4v) is 8.51. The highest BCUT2D eigenvalue weighted by atomic mass is 14.6. The minimum absolute atomic E-state index is 0.683. The van der Waals surface area contributed by atoms with Gasteiger partial charge >= 0.3 is 0 Å². The van der Waals surface area contributed by atoms with Gasteiger partial charge in [0.2, 0.25) is 0 Å². The number of fused-ring (bicyclic) bond motifs is 5. The largest absolute Gasteiger partial charge is 0.0625 e. The molecule has 8 atom stereocenters. The van der Waals surface area contributed by atoms with Crippen molar-refractivity contribution in [3.8, 4) is 0 Å². The van der Waals surface area contributed by atoms with E-state index in [-0.39, 0.29) is 0 Å². The lowest BCUT2D eigenvalue weighted by Crippen LogP contribution is -2.52. The summed E-state index contributed by atoms with van der Waals surface area (Å²) in [5.74, 6) is 7.08. The molecule has 0 nitrogen and oxygen atoms in total. The van der Waals surface area contributed by atoms with Crippen LogP contribution >= 0.6 is 0 Å². The SMILES string of the molecule is CC(C)C(C)CC1CCC2C3CCC4CCCCC4(C)C3CCC12C. The zero-order valence-electron chi connectivity index (χ0n) is 17.8. The van der Waals surface area contributed by atoms with E-state index in [1.807, 2.05) is 0 Å². The van der Waals surface area contributed by atoms with Crippen LogP contribution in [0.25, 0.3) is 0 Å². The van der Waals surface area contributed by atoms with Crippen molar-refractivity contribution >= 4 is 0 Å². The molecule has 25 heavy (non-hydrogen) atoms. The maximum absolute atomic E-state index is 2.73. The zero-order valence-corrected chi connectivity index (χ0v) is 17.8. The van der Waals surface area contributed by atoms with Crippen LogP contribution in [0.2, 0.25) is 0 Å². The van der Waals surface area contributed by atoms with Gasteiger partial charge in [-0.2, -0.15) is 0 Å². The standard InChI is InChI=1S/C25H44/c1-17(2)18(3)16-20-10-12-22-21-11-9-19-8-6-7-14-24(19,4)23(21)13-15-25(20,22)5/h17-23H,6-16H2,1-5H3. The van der Waals surface area contributed by atoms with Crippen molar-refractivity contribution in [3.05, 3.63) is 0 Å². The second-order valence-corrected chi connectivity index (χ2v) is 11.7. The van der Waals surface area contributed by atoms with Crippen LogP contribution in [0.5, 0.6) is 0 Å². The predicted molar refractivity (Wildman–Crippen MR) is 108 cm³/mol. The molecule has 0 radical (unpaired) electrons. The van der Waals surface area contributed by atoms with Crippen molar-refractivity contribution in [3.63, 3.8) is 0 Å². The van der Waals surface area contributed by atoms with Gasteiger partial charge in [0.05, 0.1) is 0 Å². The molecule has 0 amide bonds. The Bertz CT molecular complexity index is 478. The van der Waals surface area contributed by atoms with E-state index in [0.29, 0.717) is 10.8 Å². The van der Waals surface area contributed by atoms with Gasteiger partial charge in [-0.1, -0.05) is 47.5 Å². The molecule has 0 aromatic rings. The zero-order chi connectivity index (χ0) is 17.8. The molecule has 0 heterocycles. The smallest absolute Gasteiger partial charge is 0.0266 e. The third-order valence-corrected chi connectivity index (χ3v) is 10.6. The molecule has 144 valence electrons. The summed E-state index contributed by atoms with van der Waals surface area (Å²) in [5, 5.41) is 0. The lowest BCUT2D eigenvalue weighted by molar-refractivity contribution is -0.112. The van der Waals surface area contributed by atoms with Crippen molar-refractivity contribution in [1.82, 2.24) is 0 Å². The number of hydrogen-bond donors (Lipinski definition) is 0. The van der Waals surface area contributed by atoms with Gasteiger partial charge in [-0.05, 0) is 110 Å².